The molecule has 3 N–H and O–H groups in total. The molecule has 1 fully saturated rings. The molecule has 0 saturated heterocycles. The lowest BCUT2D eigenvalue weighted by molar-refractivity contribution is 0.0929. The predicted molar refractivity (Wildman–Crippen MR) is 69.7 cm³/mol. The van der Waals surface area contributed by atoms with Gasteiger partial charge in [-0.05, 0) is 25.0 Å². The van der Waals surface area contributed by atoms with Crippen LogP contribution in [0.15, 0.2) is 12.1 Å². The lowest BCUT2D eigenvalue weighted by atomic mass is 10.1. The fourth-order valence-electron chi connectivity index (χ4n) is 2.46. The molecule has 1 aliphatic rings. The summed E-state index contributed by atoms with van der Waals surface area (Å²) in [6.07, 6.45) is 6.20. The van der Waals surface area contributed by atoms with Crippen LogP contribution >= 0.6 is 0 Å². The normalized spacial score (nSPS) is 16.9. The van der Waals surface area contributed by atoms with Gasteiger partial charge in [0.2, 0.25) is 0 Å². The van der Waals surface area contributed by atoms with Crippen LogP contribution in [0.5, 0.6) is 0 Å². The second-order valence-electron chi connectivity index (χ2n) is 5.02. The molecule has 0 spiro atoms. The van der Waals surface area contributed by atoms with Crippen molar-refractivity contribution >= 4 is 11.6 Å². The molecule has 0 atom stereocenters. The first-order chi connectivity index (χ1) is 9.08. The van der Waals surface area contributed by atoms with Crippen molar-refractivity contribution in [1.82, 2.24) is 5.32 Å². The number of carbonyl (C=O) groups excluding carboxylic acids is 1. The van der Waals surface area contributed by atoms with E-state index in [9.17, 15) is 13.6 Å². The zero-order valence-corrected chi connectivity index (χ0v) is 10.7. The van der Waals surface area contributed by atoms with Crippen molar-refractivity contribution in [2.75, 3.05) is 5.73 Å². The Kier molecular flexibility index (Phi) is 4.35. The zero-order valence-electron chi connectivity index (χ0n) is 10.7. The minimum atomic E-state index is -0.854. The maximum atomic E-state index is 13.7. The maximum Gasteiger partial charge on any atom is 0.254 e. The quantitative estimate of drug-likeness (QED) is 0.640. The van der Waals surface area contributed by atoms with E-state index in [1.807, 2.05) is 0 Å². The van der Waals surface area contributed by atoms with E-state index < -0.39 is 17.5 Å². The van der Waals surface area contributed by atoms with Crippen LogP contribution in [0.25, 0.3) is 0 Å². The summed E-state index contributed by atoms with van der Waals surface area (Å²) in [5.74, 6) is -2.15. The Morgan fingerprint density at radius 1 is 1.16 bits per heavy atom. The van der Waals surface area contributed by atoms with Crippen LogP contribution in [0.3, 0.4) is 0 Å². The molecule has 0 unspecified atom stereocenters. The van der Waals surface area contributed by atoms with E-state index in [-0.39, 0.29) is 17.3 Å². The van der Waals surface area contributed by atoms with E-state index in [4.69, 9.17) is 5.73 Å². The van der Waals surface area contributed by atoms with Gasteiger partial charge in [0.05, 0.1) is 11.3 Å². The highest BCUT2D eigenvalue weighted by Crippen LogP contribution is 2.20. The van der Waals surface area contributed by atoms with E-state index in [1.54, 1.807) is 0 Å². The molecule has 0 radical (unpaired) electrons. The minimum absolute atomic E-state index is 0.0406. The number of benzene rings is 1. The van der Waals surface area contributed by atoms with Crippen LogP contribution in [0.2, 0.25) is 0 Å². The second kappa shape index (κ2) is 5.99. The largest absolute Gasteiger partial charge is 0.396 e. The summed E-state index contributed by atoms with van der Waals surface area (Å²) in [6, 6.07) is 1.80. The first-order valence-corrected chi connectivity index (χ1v) is 6.63. The molecule has 1 amide bonds. The van der Waals surface area contributed by atoms with Gasteiger partial charge >= 0.3 is 0 Å². The Labute approximate surface area is 111 Å². The summed E-state index contributed by atoms with van der Waals surface area (Å²) >= 11 is 0. The number of amides is 1. The van der Waals surface area contributed by atoms with Crippen LogP contribution in [0.1, 0.15) is 48.9 Å². The summed E-state index contributed by atoms with van der Waals surface area (Å²) in [5.41, 5.74) is 4.66. The average Bonchev–Trinajstić information content (AvgIpc) is 2.62. The summed E-state index contributed by atoms with van der Waals surface area (Å²) < 4.78 is 26.9. The van der Waals surface area contributed by atoms with Gasteiger partial charge in [-0.1, -0.05) is 25.7 Å². The number of anilines is 1. The third-order valence-corrected chi connectivity index (χ3v) is 3.50. The number of nitrogens with two attached hydrogens (primary N) is 1. The summed E-state index contributed by atoms with van der Waals surface area (Å²) in [5, 5.41) is 2.77. The van der Waals surface area contributed by atoms with Crippen LogP contribution in [0.4, 0.5) is 14.5 Å². The highest BCUT2D eigenvalue weighted by atomic mass is 19.1. The van der Waals surface area contributed by atoms with E-state index >= 15 is 0 Å². The molecule has 104 valence electrons. The lowest BCUT2D eigenvalue weighted by Crippen LogP contribution is -2.35. The Balaban J connectivity index is 2.11. The zero-order chi connectivity index (χ0) is 13.8. The van der Waals surface area contributed by atoms with Gasteiger partial charge in [-0.25, -0.2) is 8.78 Å². The molecule has 1 saturated carbocycles. The molecule has 0 aromatic heterocycles. The van der Waals surface area contributed by atoms with Gasteiger partial charge in [0, 0.05) is 6.04 Å². The molecular formula is C14H18F2N2O. The number of rotatable bonds is 2. The molecule has 0 aliphatic heterocycles. The Morgan fingerprint density at radius 2 is 1.79 bits per heavy atom. The van der Waals surface area contributed by atoms with Crippen LogP contribution in [-0.4, -0.2) is 11.9 Å². The second-order valence-corrected chi connectivity index (χ2v) is 5.02. The summed E-state index contributed by atoms with van der Waals surface area (Å²) in [6.45, 7) is 0. The third kappa shape index (κ3) is 3.43. The van der Waals surface area contributed by atoms with Gasteiger partial charge in [0.15, 0.2) is 5.82 Å². The number of carbonyl (C=O) groups is 1. The molecule has 3 nitrogen and oxygen atoms in total. The van der Waals surface area contributed by atoms with E-state index in [1.165, 1.54) is 0 Å². The van der Waals surface area contributed by atoms with Crippen molar-refractivity contribution in [3.8, 4) is 0 Å². The number of nitrogens with one attached hydrogen (secondary N) is 1. The van der Waals surface area contributed by atoms with Gasteiger partial charge in [-0.2, -0.15) is 0 Å². The molecule has 1 aromatic carbocycles. The van der Waals surface area contributed by atoms with Crippen molar-refractivity contribution in [3.63, 3.8) is 0 Å². The molecule has 1 aromatic rings. The van der Waals surface area contributed by atoms with Crippen molar-refractivity contribution < 1.29 is 13.6 Å². The number of nitrogen functional groups attached to an aromatic ring is 1. The Bertz CT molecular complexity index is 469. The van der Waals surface area contributed by atoms with Crippen LogP contribution in [-0.2, 0) is 0 Å². The lowest BCUT2D eigenvalue weighted by Gasteiger charge is -2.16. The topological polar surface area (TPSA) is 55.1 Å². The maximum absolute atomic E-state index is 13.7. The summed E-state index contributed by atoms with van der Waals surface area (Å²) in [4.78, 5) is 12.0. The van der Waals surface area contributed by atoms with Gasteiger partial charge in [0.1, 0.15) is 5.82 Å². The minimum Gasteiger partial charge on any atom is -0.396 e. The van der Waals surface area contributed by atoms with Crippen molar-refractivity contribution in [3.05, 3.63) is 29.3 Å². The van der Waals surface area contributed by atoms with Crippen molar-refractivity contribution in [2.45, 2.75) is 44.6 Å². The van der Waals surface area contributed by atoms with Gasteiger partial charge < -0.3 is 11.1 Å². The van der Waals surface area contributed by atoms with E-state index in [0.29, 0.717) is 0 Å². The molecule has 0 bridgehead atoms. The van der Waals surface area contributed by atoms with Crippen LogP contribution < -0.4 is 11.1 Å². The predicted octanol–water partition coefficient (Wildman–Crippen LogP) is 3.00. The molecule has 0 heterocycles. The average molecular weight is 268 g/mol. The molecular weight excluding hydrogens is 250 g/mol. The highest BCUT2D eigenvalue weighted by Gasteiger charge is 2.20. The van der Waals surface area contributed by atoms with Gasteiger partial charge in [-0.15, -0.1) is 0 Å². The van der Waals surface area contributed by atoms with Gasteiger partial charge in [-0.3, -0.25) is 4.79 Å². The molecule has 5 heteroatoms. The molecule has 2 rings (SSSR count). The van der Waals surface area contributed by atoms with E-state index in [0.717, 1.165) is 50.7 Å². The fourth-order valence-corrected chi connectivity index (χ4v) is 2.46. The fraction of sp³-hybridized carbons (Fsp3) is 0.500. The summed E-state index contributed by atoms with van der Waals surface area (Å²) in [7, 11) is 0. The van der Waals surface area contributed by atoms with Crippen molar-refractivity contribution in [2.24, 2.45) is 0 Å². The SMILES string of the molecule is Nc1cc(F)cc(C(=O)NC2CCCCCC2)c1F. The highest BCUT2D eigenvalue weighted by molar-refractivity contribution is 5.95. The number of hydrogen-bond donors (Lipinski definition) is 2. The first kappa shape index (κ1) is 13.8. The monoisotopic (exact) mass is 268 g/mol. The Hall–Kier alpha value is -1.65. The van der Waals surface area contributed by atoms with E-state index in [2.05, 4.69) is 5.32 Å². The smallest absolute Gasteiger partial charge is 0.254 e. The van der Waals surface area contributed by atoms with Crippen LogP contribution in [0, 0.1) is 11.6 Å². The Morgan fingerprint density at radius 3 is 2.42 bits per heavy atom. The standard InChI is InChI=1S/C14H18F2N2O/c15-9-7-11(13(16)12(17)8-9)14(19)18-10-5-3-1-2-4-6-10/h7-8,10H,1-6,17H2,(H,18,19). The number of hydrogen-bond acceptors (Lipinski definition) is 2. The van der Waals surface area contributed by atoms with Crippen molar-refractivity contribution in [1.29, 1.82) is 0 Å². The number of halogens is 2. The first-order valence-electron chi connectivity index (χ1n) is 6.63. The van der Waals surface area contributed by atoms with Gasteiger partial charge in [0.25, 0.3) is 5.91 Å². The molecule has 1 aliphatic carbocycles. The molecule has 19 heavy (non-hydrogen) atoms. The third-order valence-electron chi connectivity index (χ3n) is 3.50.